The van der Waals surface area contributed by atoms with Crippen LogP contribution >= 0.6 is 0 Å². The lowest BCUT2D eigenvalue weighted by Crippen LogP contribution is -2.48. The molecule has 0 saturated carbocycles. The van der Waals surface area contributed by atoms with Crippen molar-refractivity contribution in [2.75, 3.05) is 6.61 Å². The van der Waals surface area contributed by atoms with Crippen LogP contribution in [0.5, 0.6) is 0 Å². The Kier molecular flexibility index (Phi) is 24.2. The summed E-state index contributed by atoms with van der Waals surface area (Å²) in [6.07, 6.45) is 29.8. The van der Waals surface area contributed by atoms with Crippen LogP contribution in [0.15, 0.2) is 48.6 Å². The molecule has 0 aliphatic rings. The zero-order chi connectivity index (χ0) is 26.0. The summed E-state index contributed by atoms with van der Waals surface area (Å²) in [6.45, 7) is 3.95. The van der Waals surface area contributed by atoms with Crippen LogP contribution in [-0.2, 0) is 4.79 Å². The van der Waals surface area contributed by atoms with E-state index in [0.29, 0.717) is 6.42 Å². The highest BCUT2D eigenvalue weighted by atomic mass is 16.3. The fourth-order valence-corrected chi connectivity index (χ4v) is 3.63. The molecule has 0 heterocycles. The topological polar surface area (TPSA) is 89.8 Å². The first-order chi connectivity index (χ1) is 17.1. The van der Waals surface area contributed by atoms with Crippen LogP contribution in [0.4, 0.5) is 0 Å². The van der Waals surface area contributed by atoms with Crippen LogP contribution in [-0.4, -0.2) is 46.1 Å². The van der Waals surface area contributed by atoms with Crippen molar-refractivity contribution in [2.24, 2.45) is 0 Å². The van der Waals surface area contributed by atoms with Gasteiger partial charge in [-0.3, -0.25) is 4.79 Å². The summed E-state index contributed by atoms with van der Waals surface area (Å²) in [5.74, 6) is -0.536. The van der Waals surface area contributed by atoms with Crippen molar-refractivity contribution in [1.82, 2.24) is 5.32 Å². The lowest BCUT2D eigenvalue weighted by molar-refractivity contribution is -0.131. The maximum atomic E-state index is 12.2. The van der Waals surface area contributed by atoms with Gasteiger partial charge >= 0.3 is 0 Å². The van der Waals surface area contributed by atoms with E-state index in [-0.39, 0.29) is 6.61 Å². The lowest BCUT2D eigenvalue weighted by Gasteiger charge is -2.21. The van der Waals surface area contributed by atoms with Gasteiger partial charge in [-0.05, 0) is 64.2 Å². The third-order valence-corrected chi connectivity index (χ3v) is 5.88. The van der Waals surface area contributed by atoms with Gasteiger partial charge in [0, 0.05) is 0 Å². The summed E-state index contributed by atoms with van der Waals surface area (Å²) in [4.78, 5) is 12.2. The minimum Gasteiger partial charge on any atom is -0.394 e. The molecule has 4 N–H and O–H groups in total. The van der Waals surface area contributed by atoms with Gasteiger partial charge in [0.1, 0.15) is 6.10 Å². The maximum absolute atomic E-state index is 12.2. The molecule has 3 atom stereocenters. The monoisotopic (exact) mass is 491 g/mol. The van der Waals surface area contributed by atoms with Crippen molar-refractivity contribution in [1.29, 1.82) is 0 Å². The number of unbranched alkanes of at least 4 members (excludes halogenated alkanes) is 9. The number of rotatable bonds is 23. The third kappa shape index (κ3) is 21.3. The lowest BCUT2D eigenvalue weighted by atomic mass is 10.1. The van der Waals surface area contributed by atoms with Gasteiger partial charge in [0.2, 0.25) is 5.91 Å². The van der Waals surface area contributed by atoms with Gasteiger partial charge < -0.3 is 20.6 Å². The van der Waals surface area contributed by atoms with Crippen LogP contribution < -0.4 is 5.32 Å². The Morgan fingerprint density at radius 3 is 1.86 bits per heavy atom. The number of aliphatic hydroxyl groups is 3. The molecule has 0 spiro atoms. The Bertz CT molecular complexity index is 597. The van der Waals surface area contributed by atoms with Crippen molar-refractivity contribution in [2.45, 2.75) is 128 Å². The first-order valence-corrected chi connectivity index (χ1v) is 14.0. The second kappa shape index (κ2) is 25.4. The predicted octanol–water partition coefficient (Wildman–Crippen LogP) is 6.30. The number of hydrogen-bond acceptors (Lipinski definition) is 4. The standard InChI is InChI=1S/C30H53NO4/c1-3-5-7-9-11-13-15-17-19-21-23-25-29(34)30(35)31-27(26-32)28(33)24-22-20-18-16-14-12-10-8-6-4-2/h6,8,11,13-14,16,22,24,27-29,32-34H,3-5,7,9-10,12,15,17-21,23,25-26H2,1-2H3,(H,31,35)/b8-6+,13-11-,16-14+,24-22+. The van der Waals surface area contributed by atoms with E-state index in [0.717, 1.165) is 64.2 Å². The Hall–Kier alpha value is -1.69. The fourth-order valence-electron chi connectivity index (χ4n) is 3.63. The average Bonchev–Trinajstić information content (AvgIpc) is 2.86. The fraction of sp³-hybridized carbons (Fsp3) is 0.700. The summed E-state index contributed by atoms with van der Waals surface area (Å²) in [7, 11) is 0. The molecule has 5 heteroatoms. The summed E-state index contributed by atoms with van der Waals surface area (Å²) >= 11 is 0. The minimum absolute atomic E-state index is 0.388. The first kappa shape index (κ1) is 33.3. The number of carbonyl (C=O) groups excluding carboxylic acids is 1. The van der Waals surface area contributed by atoms with Gasteiger partial charge in [-0.15, -0.1) is 0 Å². The summed E-state index contributed by atoms with van der Waals surface area (Å²) in [6, 6.07) is -0.821. The highest BCUT2D eigenvalue weighted by Gasteiger charge is 2.22. The number of hydrogen-bond donors (Lipinski definition) is 4. The van der Waals surface area contributed by atoms with Crippen LogP contribution in [0.1, 0.15) is 110 Å². The molecule has 0 saturated heterocycles. The summed E-state index contributed by atoms with van der Waals surface area (Å²) < 4.78 is 0. The maximum Gasteiger partial charge on any atom is 0.249 e. The van der Waals surface area contributed by atoms with Gasteiger partial charge in [0.15, 0.2) is 0 Å². The van der Waals surface area contributed by atoms with E-state index in [2.05, 4.69) is 55.6 Å². The normalized spacial score (nSPS) is 15.0. The molecular formula is C30H53NO4. The zero-order valence-electron chi connectivity index (χ0n) is 22.4. The predicted molar refractivity (Wildman–Crippen MR) is 148 cm³/mol. The Morgan fingerprint density at radius 1 is 0.714 bits per heavy atom. The molecule has 3 unspecified atom stereocenters. The molecule has 0 aliphatic carbocycles. The number of carbonyl (C=O) groups is 1. The Morgan fingerprint density at radius 2 is 1.26 bits per heavy atom. The molecule has 0 aliphatic heterocycles. The van der Waals surface area contributed by atoms with Gasteiger partial charge in [0.25, 0.3) is 0 Å². The number of aliphatic hydroxyl groups excluding tert-OH is 3. The first-order valence-electron chi connectivity index (χ1n) is 14.0. The van der Waals surface area contributed by atoms with Crippen LogP contribution in [0.25, 0.3) is 0 Å². The highest BCUT2D eigenvalue weighted by molar-refractivity contribution is 5.80. The van der Waals surface area contributed by atoms with E-state index in [1.807, 2.05) is 6.08 Å². The number of nitrogens with one attached hydrogen (secondary N) is 1. The van der Waals surface area contributed by atoms with Gasteiger partial charge in [-0.25, -0.2) is 0 Å². The third-order valence-electron chi connectivity index (χ3n) is 5.88. The van der Waals surface area contributed by atoms with Crippen molar-refractivity contribution in [3.8, 4) is 0 Å². The Balaban J connectivity index is 3.99. The summed E-state index contributed by atoms with van der Waals surface area (Å²) in [5.41, 5.74) is 0. The molecule has 0 rings (SSSR count). The molecular weight excluding hydrogens is 438 g/mol. The molecule has 0 fully saturated rings. The van der Waals surface area contributed by atoms with Crippen molar-refractivity contribution in [3.05, 3.63) is 48.6 Å². The second-order valence-corrected chi connectivity index (χ2v) is 9.20. The number of allylic oxidation sites excluding steroid dienone is 7. The molecule has 1 amide bonds. The molecule has 0 aromatic heterocycles. The molecule has 0 radical (unpaired) electrons. The zero-order valence-corrected chi connectivity index (χ0v) is 22.4. The van der Waals surface area contributed by atoms with E-state index in [1.165, 1.54) is 25.7 Å². The van der Waals surface area contributed by atoms with Crippen molar-refractivity contribution < 1.29 is 20.1 Å². The van der Waals surface area contributed by atoms with E-state index in [1.54, 1.807) is 6.08 Å². The molecule has 5 nitrogen and oxygen atoms in total. The van der Waals surface area contributed by atoms with E-state index in [9.17, 15) is 20.1 Å². The highest BCUT2D eigenvalue weighted by Crippen LogP contribution is 2.10. The van der Waals surface area contributed by atoms with Crippen LogP contribution in [0.2, 0.25) is 0 Å². The van der Waals surface area contributed by atoms with Gasteiger partial charge in [-0.2, -0.15) is 0 Å². The van der Waals surface area contributed by atoms with Crippen molar-refractivity contribution >= 4 is 5.91 Å². The molecule has 35 heavy (non-hydrogen) atoms. The van der Waals surface area contributed by atoms with Crippen molar-refractivity contribution in [3.63, 3.8) is 0 Å². The average molecular weight is 492 g/mol. The molecule has 202 valence electrons. The Labute approximate surface area is 215 Å². The minimum atomic E-state index is -1.11. The van der Waals surface area contributed by atoms with Crippen LogP contribution in [0.3, 0.4) is 0 Å². The van der Waals surface area contributed by atoms with Crippen LogP contribution in [0, 0.1) is 0 Å². The van der Waals surface area contributed by atoms with E-state index in [4.69, 9.17) is 0 Å². The second-order valence-electron chi connectivity index (χ2n) is 9.20. The molecule has 0 aromatic carbocycles. The van der Waals surface area contributed by atoms with E-state index >= 15 is 0 Å². The van der Waals surface area contributed by atoms with Gasteiger partial charge in [-0.1, -0.05) is 94.6 Å². The van der Waals surface area contributed by atoms with Gasteiger partial charge in [0.05, 0.1) is 18.8 Å². The summed E-state index contributed by atoms with van der Waals surface area (Å²) in [5, 5.41) is 32.5. The smallest absolute Gasteiger partial charge is 0.249 e. The molecule has 0 aromatic rings. The molecule has 0 bridgehead atoms. The quantitative estimate of drug-likeness (QED) is 0.0997. The largest absolute Gasteiger partial charge is 0.394 e. The SMILES string of the molecule is CC/C=C/CC/C=C/CC/C=C/C(O)C(CO)NC(=O)C(O)CCCCCC/C=C\CCCCC. The number of amides is 1. The van der Waals surface area contributed by atoms with E-state index < -0.39 is 24.2 Å².